The molecule has 5 heteroatoms. The molecule has 0 radical (unpaired) electrons. The number of benzene rings is 1. The van der Waals surface area contributed by atoms with Crippen LogP contribution in [-0.4, -0.2) is 33.6 Å². The third-order valence-corrected chi connectivity index (χ3v) is 5.22. The van der Waals surface area contributed by atoms with E-state index in [0.29, 0.717) is 5.75 Å². The first-order valence-corrected chi connectivity index (χ1v) is 9.22. The number of hydrogen-bond donors (Lipinski definition) is 2. The summed E-state index contributed by atoms with van der Waals surface area (Å²) in [6.45, 7) is 2.05. The number of para-hydroxylation sites is 1. The number of hydrogen-bond acceptors (Lipinski definition) is 4. The summed E-state index contributed by atoms with van der Waals surface area (Å²) in [6.07, 6.45) is 3.08. The second kappa shape index (κ2) is 7.32. The van der Waals surface area contributed by atoms with Crippen molar-refractivity contribution in [3.05, 3.63) is 42.1 Å². The Hall–Kier alpha value is -1.59. The maximum Gasteiger partial charge on any atom is 0.230 e. The van der Waals surface area contributed by atoms with Gasteiger partial charge < -0.3 is 10.4 Å². The molecule has 1 aliphatic carbocycles. The second-order valence-corrected chi connectivity index (χ2v) is 7.30. The van der Waals surface area contributed by atoms with Gasteiger partial charge in [0.05, 0.1) is 23.4 Å². The fourth-order valence-electron chi connectivity index (χ4n) is 3.04. The van der Waals surface area contributed by atoms with Gasteiger partial charge in [-0.05, 0) is 42.2 Å². The molecule has 122 valence electrons. The zero-order valence-corrected chi connectivity index (χ0v) is 14.1. The maximum absolute atomic E-state index is 12.2. The monoisotopic (exact) mass is 330 g/mol. The van der Waals surface area contributed by atoms with Crippen molar-refractivity contribution in [2.75, 3.05) is 11.5 Å². The molecular formula is C18H22N2O2S. The average Bonchev–Trinajstić information content (AvgIpc) is 2.55. The Morgan fingerprint density at radius 2 is 2.22 bits per heavy atom. The molecule has 0 aliphatic heterocycles. The Kier molecular flexibility index (Phi) is 5.18. The van der Waals surface area contributed by atoms with Gasteiger partial charge in [0.15, 0.2) is 0 Å². The van der Waals surface area contributed by atoms with E-state index in [9.17, 15) is 9.90 Å². The molecule has 1 fully saturated rings. The lowest BCUT2D eigenvalue weighted by Gasteiger charge is -2.38. The smallest absolute Gasteiger partial charge is 0.230 e. The summed E-state index contributed by atoms with van der Waals surface area (Å²) in [5.41, 5.74) is 1.98. The van der Waals surface area contributed by atoms with Gasteiger partial charge in [0.25, 0.3) is 0 Å². The summed E-state index contributed by atoms with van der Waals surface area (Å²) in [5, 5.41) is 13.8. The Labute approximate surface area is 140 Å². The number of rotatable bonds is 6. The first kappa shape index (κ1) is 16.3. The number of carbonyl (C=O) groups is 1. The molecule has 1 aliphatic rings. The first-order valence-electron chi connectivity index (χ1n) is 8.07. The number of thioether (sulfide) groups is 1. The molecule has 1 heterocycles. The minimum Gasteiger partial charge on any atom is -0.393 e. The summed E-state index contributed by atoms with van der Waals surface area (Å²) in [6, 6.07) is 10.0. The van der Waals surface area contributed by atoms with Gasteiger partial charge in [-0.15, -0.1) is 0 Å². The predicted molar refractivity (Wildman–Crippen MR) is 94.4 cm³/mol. The van der Waals surface area contributed by atoms with Crippen LogP contribution in [0.25, 0.3) is 10.9 Å². The predicted octanol–water partition coefficient (Wildman–Crippen LogP) is 2.92. The van der Waals surface area contributed by atoms with E-state index >= 15 is 0 Å². The van der Waals surface area contributed by atoms with E-state index in [-0.39, 0.29) is 24.0 Å². The topological polar surface area (TPSA) is 62.2 Å². The van der Waals surface area contributed by atoms with Crippen LogP contribution in [0.2, 0.25) is 0 Å². The highest BCUT2D eigenvalue weighted by Gasteiger charge is 2.35. The second-order valence-electron chi connectivity index (χ2n) is 6.03. The standard InChI is InChI=1S/C18H22N2O2S/c1-2-23-11-17(22)20-18(13-8-15(21)9-13)14-7-12-5-3-4-6-16(12)19-10-14/h3-7,10,13,15,18,21H,2,8-9,11H2,1H3,(H,20,22). The minimum atomic E-state index is -0.238. The Balaban J connectivity index is 1.82. The summed E-state index contributed by atoms with van der Waals surface area (Å²) >= 11 is 1.62. The number of amides is 1. The molecule has 3 rings (SSSR count). The van der Waals surface area contributed by atoms with Crippen molar-refractivity contribution in [1.82, 2.24) is 10.3 Å². The number of nitrogens with zero attached hydrogens (tertiary/aromatic N) is 1. The van der Waals surface area contributed by atoms with Gasteiger partial charge in [0.1, 0.15) is 0 Å². The third kappa shape index (κ3) is 3.85. The van der Waals surface area contributed by atoms with Crippen molar-refractivity contribution in [3.63, 3.8) is 0 Å². The highest BCUT2D eigenvalue weighted by Crippen LogP contribution is 2.38. The van der Waals surface area contributed by atoms with Crippen LogP contribution in [0.3, 0.4) is 0 Å². The van der Waals surface area contributed by atoms with Crippen LogP contribution in [0.4, 0.5) is 0 Å². The van der Waals surface area contributed by atoms with Gasteiger partial charge in [-0.2, -0.15) is 11.8 Å². The Morgan fingerprint density at radius 1 is 1.43 bits per heavy atom. The zero-order valence-electron chi connectivity index (χ0n) is 13.2. The van der Waals surface area contributed by atoms with Crippen molar-refractivity contribution in [2.45, 2.75) is 31.9 Å². The van der Waals surface area contributed by atoms with Gasteiger partial charge in [-0.25, -0.2) is 0 Å². The number of aromatic nitrogens is 1. The number of aliphatic hydroxyl groups excluding tert-OH is 1. The Morgan fingerprint density at radius 3 is 2.96 bits per heavy atom. The quantitative estimate of drug-likeness (QED) is 0.855. The van der Waals surface area contributed by atoms with Crippen molar-refractivity contribution in [2.24, 2.45) is 5.92 Å². The zero-order chi connectivity index (χ0) is 16.2. The van der Waals surface area contributed by atoms with Gasteiger partial charge in [0, 0.05) is 11.6 Å². The molecule has 1 aromatic heterocycles. The van der Waals surface area contributed by atoms with E-state index < -0.39 is 0 Å². The van der Waals surface area contributed by atoms with Crippen molar-refractivity contribution in [1.29, 1.82) is 0 Å². The summed E-state index contributed by atoms with van der Waals surface area (Å²) in [5.74, 6) is 1.74. The molecule has 1 aromatic carbocycles. The molecule has 1 unspecified atom stereocenters. The number of pyridine rings is 1. The molecule has 2 aromatic rings. The lowest BCUT2D eigenvalue weighted by molar-refractivity contribution is -0.120. The number of aliphatic hydroxyl groups is 1. The molecule has 4 nitrogen and oxygen atoms in total. The number of fused-ring (bicyclic) bond motifs is 1. The molecule has 1 amide bonds. The largest absolute Gasteiger partial charge is 0.393 e. The highest BCUT2D eigenvalue weighted by atomic mass is 32.2. The molecule has 0 saturated heterocycles. The highest BCUT2D eigenvalue weighted by molar-refractivity contribution is 7.99. The lowest BCUT2D eigenvalue weighted by Crippen LogP contribution is -2.42. The van der Waals surface area contributed by atoms with Gasteiger partial charge >= 0.3 is 0 Å². The van der Waals surface area contributed by atoms with Crippen LogP contribution in [0.5, 0.6) is 0 Å². The third-order valence-electron chi connectivity index (χ3n) is 4.35. The number of nitrogens with one attached hydrogen (secondary N) is 1. The lowest BCUT2D eigenvalue weighted by atomic mass is 9.75. The summed E-state index contributed by atoms with van der Waals surface area (Å²) in [4.78, 5) is 16.7. The van der Waals surface area contributed by atoms with Gasteiger partial charge in [0.2, 0.25) is 5.91 Å². The molecule has 0 bridgehead atoms. The summed E-state index contributed by atoms with van der Waals surface area (Å²) in [7, 11) is 0. The summed E-state index contributed by atoms with van der Waals surface area (Å²) < 4.78 is 0. The van der Waals surface area contributed by atoms with E-state index in [4.69, 9.17) is 0 Å². The van der Waals surface area contributed by atoms with E-state index in [1.807, 2.05) is 37.4 Å². The van der Waals surface area contributed by atoms with E-state index in [1.54, 1.807) is 11.8 Å². The molecule has 0 spiro atoms. The van der Waals surface area contributed by atoms with Crippen LogP contribution >= 0.6 is 11.8 Å². The molecule has 1 atom stereocenters. The van der Waals surface area contributed by atoms with Crippen LogP contribution in [-0.2, 0) is 4.79 Å². The fraction of sp³-hybridized carbons (Fsp3) is 0.444. The molecule has 1 saturated carbocycles. The molecule has 2 N–H and O–H groups in total. The molecular weight excluding hydrogens is 308 g/mol. The van der Waals surface area contributed by atoms with Crippen LogP contribution in [0, 0.1) is 5.92 Å². The minimum absolute atomic E-state index is 0.0522. The first-order chi connectivity index (χ1) is 11.2. The van der Waals surface area contributed by atoms with E-state index in [0.717, 1.165) is 35.1 Å². The normalized spacial score (nSPS) is 21.7. The fourth-order valence-corrected chi connectivity index (χ4v) is 3.52. The van der Waals surface area contributed by atoms with Crippen molar-refractivity contribution in [3.8, 4) is 0 Å². The SMILES string of the molecule is CCSCC(=O)NC(c1cnc2ccccc2c1)C1CC(O)C1. The van der Waals surface area contributed by atoms with Crippen LogP contribution in [0.1, 0.15) is 31.4 Å². The average molecular weight is 330 g/mol. The van der Waals surface area contributed by atoms with E-state index in [1.165, 1.54) is 0 Å². The van der Waals surface area contributed by atoms with Crippen LogP contribution in [0.15, 0.2) is 36.5 Å². The van der Waals surface area contributed by atoms with Gasteiger partial charge in [-0.1, -0.05) is 25.1 Å². The van der Waals surface area contributed by atoms with E-state index in [2.05, 4.69) is 16.4 Å². The number of carbonyl (C=O) groups excluding carboxylic acids is 1. The molecule has 23 heavy (non-hydrogen) atoms. The van der Waals surface area contributed by atoms with Crippen molar-refractivity contribution >= 4 is 28.6 Å². The van der Waals surface area contributed by atoms with Crippen molar-refractivity contribution < 1.29 is 9.90 Å². The Bertz CT molecular complexity index is 686. The van der Waals surface area contributed by atoms with Crippen LogP contribution < -0.4 is 5.32 Å². The maximum atomic E-state index is 12.2. The van der Waals surface area contributed by atoms with Gasteiger partial charge in [-0.3, -0.25) is 9.78 Å².